The zero-order valence-corrected chi connectivity index (χ0v) is 10.7. The van der Waals surface area contributed by atoms with E-state index in [0.717, 1.165) is 16.9 Å². The Morgan fingerprint density at radius 1 is 1.19 bits per heavy atom. The molecule has 0 amide bonds. The first-order chi connectivity index (χ1) is 7.41. The Morgan fingerprint density at radius 2 is 1.81 bits per heavy atom. The minimum atomic E-state index is 0.0376. The average molecular weight is 220 g/mol. The normalized spacial score (nSPS) is 10.9. The van der Waals surface area contributed by atoms with Crippen LogP contribution in [0.25, 0.3) is 0 Å². The summed E-state index contributed by atoms with van der Waals surface area (Å²) in [6, 6.07) is 5.65. The van der Waals surface area contributed by atoms with Gasteiger partial charge in [0.25, 0.3) is 0 Å². The van der Waals surface area contributed by atoms with Gasteiger partial charge in [0.1, 0.15) is 5.75 Å². The molecule has 0 saturated carbocycles. The highest BCUT2D eigenvalue weighted by Crippen LogP contribution is 2.20. The number of benzene rings is 1. The zero-order valence-electron chi connectivity index (χ0n) is 10.7. The third-order valence-electron chi connectivity index (χ3n) is 2.36. The molecule has 0 bridgehead atoms. The van der Waals surface area contributed by atoms with Crippen molar-refractivity contribution in [3.8, 4) is 5.75 Å². The molecule has 0 aliphatic heterocycles. The molecule has 0 aliphatic carbocycles. The standard InChI is InChI=1S/C14H20O2/c1-9(2)14(15)13-7-6-12(8-11(13)5)16-10(3)4/h6-10H,1-5H3. The number of carbonyl (C=O) groups is 1. The van der Waals surface area contributed by atoms with Gasteiger partial charge in [-0.15, -0.1) is 0 Å². The zero-order chi connectivity index (χ0) is 12.3. The molecule has 0 heterocycles. The van der Waals surface area contributed by atoms with Crippen LogP contribution < -0.4 is 4.74 Å². The minimum Gasteiger partial charge on any atom is -0.491 e. The molecule has 0 aliphatic rings. The molecule has 0 atom stereocenters. The summed E-state index contributed by atoms with van der Waals surface area (Å²) < 4.78 is 5.58. The van der Waals surface area contributed by atoms with Crippen molar-refractivity contribution in [2.75, 3.05) is 0 Å². The summed E-state index contributed by atoms with van der Waals surface area (Å²) in [5, 5.41) is 0. The van der Waals surface area contributed by atoms with Gasteiger partial charge in [0.2, 0.25) is 0 Å². The molecule has 0 spiro atoms. The molecular formula is C14H20O2. The van der Waals surface area contributed by atoms with E-state index < -0.39 is 0 Å². The van der Waals surface area contributed by atoms with Crippen LogP contribution in [0.15, 0.2) is 18.2 Å². The highest BCUT2D eigenvalue weighted by atomic mass is 16.5. The lowest BCUT2D eigenvalue weighted by Gasteiger charge is -2.13. The number of carbonyl (C=O) groups excluding carboxylic acids is 1. The summed E-state index contributed by atoms with van der Waals surface area (Å²) in [4.78, 5) is 11.9. The maximum Gasteiger partial charge on any atom is 0.165 e. The van der Waals surface area contributed by atoms with Crippen LogP contribution in [-0.4, -0.2) is 11.9 Å². The monoisotopic (exact) mass is 220 g/mol. The van der Waals surface area contributed by atoms with E-state index in [1.807, 2.05) is 52.8 Å². The molecule has 0 fully saturated rings. The average Bonchev–Trinajstić information content (AvgIpc) is 2.15. The van der Waals surface area contributed by atoms with Crippen molar-refractivity contribution in [3.05, 3.63) is 29.3 Å². The second-order valence-corrected chi connectivity index (χ2v) is 4.66. The van der Waals surface area contributed by atoms with Crippen molar-refractivity contribution in [2.24, 2.45) is 5.92 Å². The molecule has 0 radical (unpaired) electrons. The van der Waals surface area contributed by atoms with Gasteiger partial charge in [0.15, 0.2) is 5.78 Å². The molecule has 1 aromatic carbocycles. The Labute approximate surface area is 97.6 Å². The van der Waals surface area contributed by atoms with Crippen LogP contribution in [0, 0.1) is 12.8 Å². The number of aryl methyl sites for hydroxylation is 1. The summed E-state index contributed by atoms with van der Waals surface area (Å²) in [6.07, 6.45) is 0.158. The minimum absolute atomic E-state index is 0.0376. The van der Waals surface area contributed by atoms with Crippen molar-refractivity contribution in [1.82, 2.24) is 0 Å². The quantitative estimate of drug-likeness (QED) is 0.724. The van der Waals surface area contributed by atoms with Gasteiger partial charge in [-0.1, -0.05) is 13.8 Å². The van der Waals surface area contributed by atoms with Crippen LogP contribution in [0.4, 0.5) is 0 Å². The predicted molar refractivity (Wildman–Crippen MR) is 66.1 cm³/mol. The summed E-state index contributed by atoms with van der Waals surface area (Å²) in [5.41, 5.74) is 1.78. The van der Waals surface area contributed by atoms with Crippen molar-refractivity contribution in [1.29, 1.82) is 0 Å². The smallest absolute Gasteiger partial charge is 0.165 e. The Balaban J connectivity index is 2.96. The summed E-state index contributed by atoms with van der Waals surface area (Å²) in [5.74, 6) is 1.05. The van der Waals surface area contributed by atoms with Gasteiger partial charge in [-0.25, -0.2) is 0 Å². The number of ether oxygens (including phenoxy) is 1. The lowest BCUT2D eigenvalue weighted by Crippen LogP contribution is -2.10. The van der Waals surface area contributed by atoms with Crippen molar-refractivity contribution in [2.45, 2.75) is 40.7 Å². The number of ketones is 1. The molecule has 88 valence electrons. The lowest BCUT2D eigenvalue weighted by molar-refractivity contribution is 0.0938. The Bertz CT molecular complexity index is 378. The van der Waals surface area contributed by atoms with E-state index >= 15 is 0 Å². The van der Waals surface area contributed by atoms with Crippen LogP contribution in [-0.2, 0) is 0 Å². The number of hydrogen-bond donors (Lipinski definition) is 0. The van der Waals surface area contributed by atoms with Crippen molar-refractivity contribution in [3.63, 3.8) is 0 Å². The first-order valence-electron chi connectivity index (χ1n) is 5.73. The molecule has 16 heavy (non-hydrogen) atoms. The third-order valence-corrected chi connectivity index (χ3v) is 2.36. The van der Waals surface area contributed by atoms with E-state index in [-0.39, 0.29) is 17.8 Å². The number of hydrogen-bond acceptors (Lipinski definition) is 2. The van der Waals surface area contributed by atoms with Gasteiger partial charge in [-0.2, -0.15) is 0 Å². The topological polar surface area (TPSA) is 26.3 Å². The largest absolute Gasteiger partial charge is 0.491 e. The van der Waals surface area contributed by atoms with E-state index in [2.05, 4.69) is 0 Å². The third kappa shape index (κ3) is 3.09. The maximum atomic E-state index is 11.9. The first kappa shape index (κ1) is 12.8. The summed E-state index contributed by atoms with van der Waals surface area (Å²) in [6.45, 7) is 9.76. The van der Waals surface area contributed by atoms with Gasteiger partial charge in [-0.3, -0.25) is 4.79 Å². The Hall–Kier alpha value is -1.31. The van der Waals surface area contributed by atoms with Gasteiger partial charge >= 0.3 is 0 Å². The fourth-order valence-corrected chi connectivity index (χ4v) is 1.57. The SMILES string of the molecule is Cc1cc(OC(C)C)ccc1C(=O)C(C)C. The van der Waals surface area contributed by atoms with Crippen LogP contribution in [0.5, 0.6) is 5.75 Å². The van der Waals surface area contributed by atoms with Crippen LogP contribution >= 0.6 is 0 Å². The van der Waals surface area contributed by atoms with Crippen molar-refractivity contribution >= 4 is 5.78 Å². The molecule has 0 N–H and O–H groups in total. The van der Waals surface area contributed by atoms with E-state index in [0.29, 0.717) is 0 Å². The van der Waals surface area contributed by atoms with Gasteiger partial charge < -0.3 is 4.74 Å². The molecular weight excluding hydrogens is 200 g/mol. The Morgan fingerprint density at radius 3 is 2.25 bits per heavy atom. The predicted octanol–water partition coefficient (Wildman–Crippen LogP) is 3.62. The Kier molecular flexibility index (Phi) is 4.11. The molecule has 2 nitrogen and oxygen atoms in total. The first-order valence-corrected chi connectivity index (χ1v) is 5.73. The molecule has 1 aromatic rings. The number of rotatable bonds is 4. The van der Waals surface area contributed by atoms with E-state index in [9.17, 15) is 4.79 Å². The van der Waals surface area contributed by atoms with Gasteiger partial charge in [-0.05, 0) is 44.5 Å². The summed E-state index contributed by atoms with van der Waals surface area (Å²) in [7, 11) is 0. The van der Waals surface area contributed by atoms with E-state index in [1.54, 1.807) is 0 Å². The second kappa shape index (κ2) is 5.15. The fraction of sp³-hybridized carbons (Fsp3) is 0.500. The molecule has 0 saturated heterocycles. The highest BCUT2D eigenvalue weighted by Gasteiger charge is 2.13. The van der Waals surface area contributed by atoms with Crippen LogP contribution in [0.1, 0.15) is 43.6 Å². The molecule has 0 unspecified atom stereocenters. The van der Waals surface area contributed by atoms with Crippen LogP contribution in [0.2, 0.25) is 0 Å². The maximum absolute atomic E-state index is 11.9. The molecule has 2 heteroatoms. The lowest BCUT2D eigenvalue weighted by atomic mass is 9.97. The van der Waals surface area contributed by atoms with E-state index in [1.165, 1.54) is 0 Å². The fourth-order valence-electron chi connectivity index (χ4n) is 1.57. The van der Waals surface area contributed by atoms with E-state index in [4.69, 9.17) is 4.74 Å². The van der Waals surface area contributed by atoms with Gasteiger partial charge in [0.05, 0.1) is 6.10 Å². The van der Waals surface area contributed by atoms with Crippen molar-refractivity contribution < 1.29 is 9.53 Å². The second-order valence-electron chi connectivity index (χ2n) is 4.66. The van der Waals surface area contributed by atoms with Gasteiger partial charge in [0, 0.05) is 11.5 Å². The number of Topliss-reactive ketones (excluding diaryl/α,β-unsaturated/α-hetero) is 1. The highest BCUT2D eigenvalue weighted by molar-refractivity contribution is 5.98. The van der Waals surface area contributed by atoms with Crippen LogP contribution in [0.3, 0.4) is 0 Å². The summed E-state index contributed by atoms with van der Waals surface area (Å²) >= 11 is 0. The molecule has 0 aromatic heterocycles. The molecule has 1 rings (SSSR count).